The fourth-order valence-electron chi connectivity index (χ4n) is 3.64. The molecule has 0 bridgehead atoms. The van der Waals surface area contributed by atoms with Gasteiger partial charge < -0.3 is 9.74 Å². The van der Waals surface area contributed by atoms with Crippen molar-refractivity contribution in [1.82, 2.24) is 14.8 Å². The summed E-state index contributed by atoms with van der Waals surface area (Å²) < 4.78 is 0. The zero-order valence-electron chi connectivity index (χ0n) is 15.6. The molecule has 0 radical (unpaired) electrons. The average Bonchev–Trinajstić information content (AvgIpc) is 3.09. The maximum absolute atomic E-state index is 12.9. The maximum atomic E-state index is 12.9. The van der Waals surface area contributed by atoms with Gasteiger partial charge in [-0.15, -0.1) is 0 Å². The van der Waals surface area contributed by atoms with Crippen LogP contribution in [0.2, 0.25) is 5.02 Å². The number of hydrogen-bond acceptors (Lipinski definition) is 5. The summed E-state index contributed by atoms with van der Waals surface area (Å²) in [7, 11) is 0. The first-order valence-corrected chi connectivity index (χ1v) is 9.97. The number of benzene rings is 1. The van der Waals surface area contributed by atoms with Crippen LogP contribution in [0.15, 0.2) is 53.8 Å². The average molecular weight is 399 g/mol. The molecule has 0 spiro atoms. The van der Waals surface area contributed by atoms with E-state index in [0.717, 1.165) is 49.6 Å². The van der Waals surface area contributed by atoms with Crippen LogP contribution in [-0.2, 0) is 16.2 Å². The Morgan fingerprint density at radius 2 is 1.96 bits per heavy atom. The first-order chi connectivity index (χ1) is 13.7. The van der Waals surface area contributed by atoms with Gasteiger partial charge in [0.2, 0.25) is 6.10 Å². The predicted octanol–water partition coefficient (Wildman–Crippen LogP) is 2.96. The molecule has 2 aliphatic heterocycles. The molecule has 0 saturated carbocycles. The molecule has 1 unspecified atom stereocenters. The van der Waals surface area contributed by atoms with E-state index >= 15 is 0 Å². The van der Waals surface area contributed by atoms with Crippen LogP contribution in [0.3, 0.4) is 0 Å². The minimum Gasteiger partial charge on any atom is -0.382 e. The molecule has 0 N–H and O–H groups in total. The standard InChI is InChI=1S/C21H23ClN4O2/c22-18-8-2-1-7-17(18)19-14-20(28-24-19)21(27)26-11-5-10-25(12-13-26)15-16-6-3-4-9-23-16/h1-4,6-9,20H,5,10-15H2. The van der Waals surface area contributed by atoms with E-state index in [1.807, 2.05) is 53.6 Å². The molecule has 0 aliphatic carbocycles. The monoisotopic (exact) mass is 398 g/mol. The second kappa shape index (κ2) is 8.71. The molecule has 1 saturated heterocycles. The smallest absolute Gasteiger partial charge is 0.266 e. The van der Waals surface area contributed by atoms with Crippen molar-refractivity contribution in [1.29, 1.82) is 0 Å². The summed E-state index contributed by atoms with van der Waals surface area (Å²) in [6, 6.07) is 13.5. The molecule has 1 fully saturated rings. The van der Waals surface area contributed by atoms with E-state index in [0.29, 0.717) is 18.0 Å². The summed E-state index contributed by atoms with van der Waals surface area (Å²) in [5, 5.41) is 4.75. The number of hydrogen-bond donors (Lipinski definition) is 0. The quantitative estimate of drug-likeness (QED) is 0.794. The molecule has 6 nitrogen and oxygen atoms in total. The van der Waals surface area contributed by atoms with E-state index in [4.69, 9.17) is 16.4 Å². The van der Waals surface area contributed by atoms with Crippen molar-refractivity contribution in [3.63, 3.8) is 0 Å². The van der Waals surface area contributed by atoms with Crippen LogP contribution >= 0.6 is 11.6 Å². The number of pyridine rings is 1. The molecular weight excluding hydrogens is 376 g/mol. The molecule has 146 valence electrons. The van der Waals surface area contributed by atoms with Crippen molar-refractivity contribution in [2.45, 2.75) is 25.5 Å². The van der Waals surface area contributed by atoms with E-state index in [9.17, 15) is 4.79 Å². The van der Waals surface area contributed by atoms with Crippen LogP contribution in [0.25, 0.3) is 0 Å². The molecule has 7 heteroatoms. The Morgan fingerprint density at radius 3 is 2.79 bits per heavy atom. The van der Waals surface area contributed by atoms with Crippen LogP contribution < -0.4 is 0 Å². The normalized spacial score (nSPS) is 20.4. The number of carbonyl (C=O) groups excluding carboxylic acids is 1. The molecule has 28 heavy (non-hydrogen) atoms. The van der Waals surface area contributed by atoms with Gasteiger partial charge in [-0.3, -0.25) is 14.7 Å². The number of carbonyl (C=O) groups is 1. The molecule has 2 aromatic rings. The van der Waals surface area contributed by atoms with Gasteiger partial charge in [-0.2, -0.15) is 0 Å². The van der Waals surface area contributed by atoms with E-state index < -0.39 is 6.10 Å². The summed E-state index contributed by atoms with van der Waals surface area (Å²) in [6.07, 6.45) is 2.64. The Balaban J connectivity index is 1.33. The summed E-state index contributed by atoms with van der Waals surface area (Å²) in [4.78, 5) is 27.0. The third kappa shape index (κ3) is 4.34. The molecule has 1 aromatic heterocycles. The predicted molar refractivity (Wildman–Crippen MR) is 108 cm³/mol. The summed E-state index contributed by atoms with van der Waals surface area (Å²) in [6.45, 7) is 4.01. The molecule has 4 rings (SSSR count). The Bertz CT molecular complexity index is 858. The Morgan fingerprint density at radius 1 is 1.11 bits per heavy atom. The number of nitrogens with zero attached hydrogens (tertiary/aromatic N) is 4. The highest BCUT2D eigenvalue weighted by molar-refractivity contribution is 6.34. The van der Waals surface area contributed by atoms with Crippen molar-refractivity contribution in [2.75, 3.05) is 26.2 Å². The highest BCUT2D eigenvalue weighted by atomic mass is 35.5. The van der Waals surface area contributed by atoms with Crippen LogP contribution in [0.1, 0.15) is 24.1 Å². The number of oxime groups is 1. The lowest BCUT2D eigenvalue weighted by molar-refractivity contribution is -0.141. The van der Waals surface area contributed by atoms with E-state index in [1.54, 1.807) is 0 Å². The van der Waals surface area contributed by atoms with Crippen molar-refractivity contribution < 1.29 is 9.63 Å². The van der Waals surface area contributed by atoms with Gasteiger partial charge in [0, 0.05) is 55.9 Å². The first-order valence-electron chi connectivity index (χ1n) is 9.59. The largest absolute Gasteiger partial charge is 0.382 e. The van der Waals surface area contributed by atoms with Gasteiger partial charge in [0.05, 0.1) is 11.4 Å². The SMILES string of the molecule is O=C(C1CC(c2ccccc2Cl)=NO1)N1CCCN(Cc2ccccn2)CC1. The molecule has 1 aromatic carbocycles. The zero-order valence-corrected chi connectivity index (χ0v) is 16.4. The van der Waals surface area contributed by atoms with Crippen molar-refractivity contribution in [3.8, 4) is 0 Å². The number of amides is 1. The molecule has 2 aliphatic rings. The third-order valence-electron chi connectivity index (χ3n) is 5.14. The topological polar surface area (TPSA) is 58.0 Å². The molecule has 1 atom stereocenters. The minimum absolute atomic E-state index is 0.00508. The van der Waals surface area contributed by atoms with Crippen LogP contribution in [0.5, 0.6) is 0 Å². The van der Waals surface area contributed by atoms with Crippen molar-refractivity contribution in [2.24, 2.45) is 5.16 Å². The highest BCUT2D eigenvalue weighted by Gasteiger charge is 2.33. The summed E-state index contributed by atoms with van der Waals surface area (Å²) in [5.41, 5.74) is 2.62. The van der Waals surface area contributed by atoms with Crippen molar-refractivity contribution in [3.05, 3.63) is 64.9 Å². The number of rotatable bonds is 4. The maximum Gasteiger partial charge on any atom is 0.266 e. The van der Waals surface area contributed by atoms with Crippen LogP contribution in [0.4, 0.5) is 0 Å². The lowest BCUT2D eigenvalue weighted by atomic mass is 10.0. The van der Waals surface area contributed by atoms with Gasteiger partial charge in [-0.25, -0.2) is 0 Å². The van der Waals surface area contributed by atoms with E-state index in [1.165, 1.54) is 0 Å². The third-order valence-corrected chi connectivity index (χ3v) is 5.47. The Kier molecular flexibility index (Phi) is 5.88. The Hall–Kier alpha value is -2.44. The fraction of sp³-hybridized carbons (Fsp3) is 0.381. The first kappa shape index (κ1) is 18.9. The van der Waals surface area contributed by atoms with Gasteiger partial charge >= 0.3 is 0 Å². The van der Waals surface area contributed by atoms with Gasteiger partial charge in [0.25, 0.3) is 5.91 Å². The van der Waals surface area contributed by atoms with Crippen LogP contribution in [0, 0.1) is 0 Å². The van der Waals surface area contributed by atoms with E-state index in [-0.39, 0.29) is 5.91 Å². The molecule has 3 heterocycles. The summed E-state index contributed by atoms with van der Waals surface area (Å²) in [5.74, 6) is 0.00508. The van der Waals surface area contributed by atoms with E-state index in [2.05, 4.69) is 15.0 Å². The van der Waals surface area contributed by atoms with Crippen molar-refractivity contribution >= 4 is 23.2 Å². The highest BCUT2D eigenvalue weighted by Crippen LogP contribution is 2.24. The molecular formula is C21H23ClN4O2. The number of halogens is 1. The van der Waals surface area contributed by atoms with Gasteiger partial charge in [-0.1, -0.05) is 41.0 Å². The zero-order chi connectivity index (χ0) is 19.3. The Labute approximate surface area is 169 Å². The van der Waals surface area contributed by atoms with Gasteiger partial charge in [0.15, 0.2) is 0 Å². The van der Waals surface area contributed by atoms with Gasteiger partial charge in [0.1, 0.15) is 0 Å². The lowest BCUT2D eigenvalue weighted by Gasteiger charge is -2.23. The molecule has 1 amide bonds. The fourth-order valence-corrected chi connectivity index (χ4v) is 3.88. The summed E-state index contributed by atoms with van der Waals surface area (Å²) >= 11 is 6.24. The van der Waals surface area contributed by atoms with Crippen LogP contribution in [-0.4, -0.2) is 58.7 Å². The minimum atomic E-state index is -0.561. The lowest BCUT2D eigenvalue weighted by Crippen LogP contribution is -2.41. The second-order valence-electron chi connectivity index (χ2n) is 7.09. The second-order valence-corrected chi connectivity index (χ2v) is 7.50. The number of aromatic nitrogens is 1. The van der Waals surface area contributed by atoms with Gasteiger partial charge in [-0.05, 0) is 24.6 Å².